The fourth-order valence-corrected chi connectivity index (χ4v) is 3.33. The van der Waals surface area contributed by atoms with Gasteiger partial charge in [0, 0.05) is 34.8 Å². The van der Waals surface area contributed by atoms with Gasteiger partial charge in [-0.1, -0.05) is 0 Å². The summed E-state index contributed by atoms with van der Waals surface area (Å²) in [5.74, 6) is -3.41. The van der Waals surface area contributed by atoms with Gasteiger partial charge in [0.25, 0.3) is 5.91 Å². The van der Waals surface area contributed by atoms with Crippen molar-refractivity contribution in [3.8, 4) is 5.75 Å². The lowest BCUT2D eigenvalue weighted by Gasteiger charge is -2.17. The highest BCUT2D eigenvalue weighted by atomic mass is 19.4. The van der Waals surface area contributed by atoms with Crippen molar-refractivity contribution in [2.45, 2.75) is 31.9 Å². The highest BCUT2D eigenvalue weighted by Crippen LogP contribution is 2.41. The molecule has 3 aromatic rings. The van der Waals surface area contributed by atoms with Gasteiger partial charge in [-0.2, -0.15) is 18.3 Å². The molecular weight excluding hydrogens is 455 g/mol. The number of rotatable bonds is 7. The van der Waals surface area contributed by atoms with E-state index in [1.807, 2.05) is 5.32 Å². The molecular formula is C21H22F3N7O3. The molecule has 2 amide bonds. The number of pyridine rings is 1. The van der Waals surface area contributed by atoms with Crippen LogP contribution in [0.4, 0.5) is 30.5 Å². The molecule has 1 aliphatic carbocycles. The number of nitrogens with one attached hydrogen (secondary N) is 3. The van der Waals surface area contributed by atoms with Crippen LogP contribution < -0.4 is 20.7 Å². The Morgan fingerprint density at radius 2 is 2.06 bits per heavy atom. The zero-order chi connectivity index (χ0) is 27.1. The number of hydrogen-bond donors (Lipinski definition) is 3. The molecule has 0 aliphatic heterocycles. The Labute approximate surface area is 196 Å². The van der Waals surface area contributed by atoms with Crippen LogP contribution in [0, 0.1) is 5.92 Å². The summed E-state index contributed by atoms with van der Waals surface area (Å²) < 4.78 is 68.8. The molecule has 4 rings (SSSR count). The Morgan fingerprint density at radius 1 is 1.29 bits per heavy atom. The molecule has 10 nitrogen and oxygen atoms in total. The summed E-state index contributed by atoms with van der Waals surface area (Å²) in [5.41, 5.74) is -0.415. The predicted molar refractivity (Wildman–Crippen MR) is 116 cm³/mol. The van der Waals surface area contributed by atoms with Crippen LogP contribution in [-0.2, 0) is 4.79 Å². The molecule has 0 saturated heterocycles. The minimum atomic E-state index is -4.55. The maximum absolute atomic E-state index is 13.5. The molecule has 0 bridgehead atoms. The molecule has 1 aliphatic rings. The van der Waals surface area contributed by atoms with E-state index >= 15 is 0 Å². The number of alkyl halides is 3. The molecule has 1 atom stereocenters. The summed E-state index contributed by atoms with van der Waals surface area (Å²) in [7, 11) is 1.23. The first kappa shape index (κ1) is 19.6. The van der Waals surface area contributed by atoms with Crippen LogP contribution in [0.2, 0.25) is 0 Å². The highest BCUT2D eigenvalue weighted by molar-refractivity contribution is 6.01. The van der Waals surface area contributed by atoms with E-state index in [1.165, 1.54) is 13.2 Å². The Balaban J connectivity index is 1.78. The monoisotopic (exact) mass is 480 g/mol. The topological polar surface area (TPSA) is 123 Å². The maximum atomic E-state index is 13.5. The fourth-order valence-electron chi connectivity index (χ4n) is 3.33. The normalized spacial score (nSPS) is 16.2. The van der Waals surface area contributed by atoms with Crippen molar-refractivity contribution < 1.29 is 31.6 Å². The van der Waals surface area contributed by atoms with Gasteiger partial charge in [-0.15, -0.1) is 0 Å². The first-order valence-electron chi connectivity index (χ1n) is 11.7. The van der Waals surface area contributed by atoms with Crippen molar-refractivity contribution in [2.75, 3.05) is 24.7 Å². The Bertz CT molecular complexity index is 1360. The SMILES string of the molecule is [2H]C([2H])([2H])NC(=O)c1cnc(NC(=O)C2CC2)cc1Nc1ncn2ncc([C@H](C)C(F)(F)F)c2c1OC. The van der Waals surface area contributed by atoms with E-state index in [-0.39, 0.29) is 51.5 Å². The van der Waals surface area contributed by atoms with E-state index in [0.29, 0.717) is 0 Å². The van der Waals surface area contributed by atoms with E-state index in [9.17, 15) is 22.8 Å². The second-order valence-electron chi connectivity index (χ2n) is 7.74. The number of methoxy groups -OCH3 is 1. The average Bonchev–Trinajstić information content (AvgIpc) is 3.56. The standard InChI is InChI=1S/C21H22F3N7O3/c1-10(21(22,23)24)12-8-28-31-9-27-18(17(34-3)16(12)31)29-14-6-15(30-19(32)11-4-5-11)26-7-13(14)20(33)25-2/h6-11H,4-5H2,1-3H3,(H,25,33)(H2,26,29,30,32)/t10-/m0/s1/i2D3. The zero-order valence-electron chi connectivity index (χ0n) is 21.0. The number of hydrogen-bond acceptors (Lipinski definition) is 7. The molecule has 0 aromatic carbocycles. The van der Waals surface area contributed by atoms with Gasteiger partial charge in [0.2, 0.25) is 5.91 Å². The molecule has 34 heavy (non-hydrogen) atoms. The molecule has 3 aromatic heterocycles. The molecule has 1 fully saturated rings. The number of amides is 2. The first-order valence-corrected chi connectivity index (χ1v) is 10.2. The lowest BCUT2D eigenvalue weighted by atomic mass is 10.0. The number of carbonyl (C=O) groups is 2. The summed E-state index contributed by atoms with van der Waals surface area (Å²) >= 11 is 0. The largest absolute Gasteiger partial charge is 0.491 e. The number of anilines is 3. The van der Waals surface area contributed by atoms with Crippen LogP contribution in [0.25, 0.3) is 5.52 Å². The number of fused-ring (bicyclic) bond motifs is 1. The van der Waals surface area contributed by atoms with Crippen molar-refractivity contribution >= 4 is 34.7 Å². The third-order valence-electron chi connectivity index (χ3n) is 5.43. The number of nitrogens with zero attached hydrogens (tertiary/aromatic N) is 4. The average molecular weight is 480 g/mol. The van der Waals surface area contributed by atoms with Crippen LogP contribution in [-0.4, -0.2) is 51.7 Å². The third kappa shape index (κ3) is 4.45. The van der Waals surface area contributed by atoms with Gasteiger partial charge in [-0.05, 0) is 19.8 Å². The second-order valence-corrected chi connectivity index (χ2v) is 7.74. The molecule has 3 N–H and O–H groups in total. The van der Waals surface area contributed by atoms with Gasteiger partial charge in [0.05, 0.1) is 30.5 Å². The van der Waals surface area contributed by atoms with Crippen molar-refractivity contribution in [1.29, 1.82) is 0 Å². The van der Waals surface area contributed by atoms with Crippen LogP contribution >= 0.6 is 0 Å². The summed E-state index contributed by atoms with van der Waals surface area (Å²) in [4.78, 5) is 33.0. The van der Waals surface area contributed by atoms with Crippen LogP contribution in [0.5, 0.6) is 5.75 Å². The molecule has 3 heterocycles. The number of ether oxygens (including phenoxy) is 1. The van der Waals surface area contributed by atoms with Gasteiger partial charge in [-0.25, -0.2) is 14.5 Å². The van der Waals surface area contributed by atoms with Gasteiger partial charge in [-0.3, -0.25) is 9.59 Å². The van der Waals surface area contributed by atoms with Crippen LogP contribution in [0.1, 0.15) is 45.7 Å². The molecule has 180 valence electrons. The Hall–Kier alpha value is -3.90. The van der Waals surface area contributed by atoms with Gasteiger partial charge in [0.15, 0.2) is 11.6 Å². The Morgan fingerprint density at radius 3 is 2.71 bits per heavy atom. The quantitative estimate of drug-likeness (QED) is 0.474. The highest BCUT2D eigenvalue weighted by Gasteiger charge is 2.39. The van der Waals surface area contributed by atoms with E-state index in [4.69, 9.17) is 8.85 Å². The molecule has 13 heteroatoms. The molecule has 0 radical (unpaired) electrons. The van der Waals surface area contributed by atoms with Crippen molar-refractivity contribution in [3.05, 3.63) is 35.9 Å². The first-order chi connectivity index (χ1) is 17.3. The van der Waals surface area contributed by atoms with Gasteiger partial charge < -0.3 is 20.7 Å². The Kier molecular flexibility index (Phi) is 5.06. The zero-order valence-corrected chi connectivity index (χ0v) is 18.0. The third-order valence-corrected chi connectivity index (χ3v) is 5.43. The predicted octanol–water partition coefficient (Wildman–Crippen LogP) is 3.25. The van der Waals surface area contributed by atoms with Crippen LogP contribution in [0.3, 0.4) is 0 Å². The van der Waals surface area contributed by atoms with Gasteiger partial charge in [0.1, 0.15) is 17.7 Å². The number of halogens is 3. The van der Waals surface area contributed by atoms with Crippen molar-refractivity contribution in [1.82, 2.24) is 24.9 Å². The number of carbonyl (C=O) groups excluding carboxylic acids is 2. The molecule has 1 saturated carbocycles. The summed E-state index contributed by atoms with van der Waals surface area (Å²) in [6.45, 7) is -1.82. The van der Waals surface area contributed by atoms with Crippen molar-refractivity contribution in [3.63, 3.8) is 0 Å². The minimum Gasteiger partial charge on any atom is -0.491 e. The molecule has 0 unspecified atom stereocenters. The summed E-state index contributed by atoms with van der Waals surface area (Å²) in [6, 6.07) is 1.29. The van der Waals surface area contributed by atoms with E-state index < -0.39 is 25.0 Å². The van der Waals surface area contributed by atoms with Crippen molar-refractivity contribution in [2.24, 2.45) is 5.92 Å². The second kappa shape index (κ2) is 8.80. The van der Waals surface area contributed by atoms with Gasteiger partial charge >= 0.3 is 6.18 Å². The summed E-state index contributed by atoms with van der Waals surface area (Å²) in [6.07, 6.45) is 0.210. The van der Waals surface area contributed by atoms with E-state index in [0.717, 1.165) is 43.0 Å². The van der Waals surface area contributed by atoms with Crippen LogP contribution in [0.15, 0.2) is 24.8 Å². The lowest BCUT2D eigenvalue weighted by molar-refractivity contribution is -0.146. The number of aromatic nitrogens is 4. The smallest absolute Gasteiger partial charge is 0.395 e. The minimum absolute atomic E-state index is 0.00497. The fraction of sp³-hybridized carbons (Fsp3) is 0.381. The lowest BCUT2D eigenvalue weighted by Crippen LogP contribution is -2.21. The molecule has 0 spiro atoms. The van der Waals surface area contributed by atoms with E-state index in [2.05, 4.69) is 25.7 Å². The van der Waals surface area contributed by atoms with E-state index in [1.54, 1.807) is 0 Å². The summed E-state index contributed by atoms with van der Waals surface area (Å²) in [5, 5.41) is 11.2. The maximum Gasteiger partial charge on any atom is 0.395 e.